The molecule has 2 amide bonds. The Morgan fingerprint density at radius 2 is 2.27 bits per heavy atom. The van der Waals surface area contributed by atoms with E-state index in [1.807, 2.05) is 0 Å². The van der Waals surface area contributed by atoms with Crippen molar-refractivity contribution in [2.45, 2.75) is 18.9 Å². The van der Waals surface area contributed by atoms with Gasteiger partial charge in [0.05, 0.1) is 0 Å². The lowest BCUT2D eigenvalue weighted by Crippen LogP contribution is -2.53. The maximum atomic E-state index is 11.1. The predicted octanol–water partition coefficient (Wildman–Crippen LogP) is -0.893. The van der Waals surface area contributed by atoms with Gasteiger partial charge in [0.1, 0.15) is 6.04 Å². The highest BCUT2D eigenvalue weighted by atomic mass is 16.2. The summed E-state index contributed by atoms with van der Waals surface area (Å²) in [5.74, 6) is 0.145. The maximum absolute atomic E-state index is 11.1. The molecule has 0 spiro atoms. The molecule has 0 saturated carbocycles. The van der Waals surface area contributed by atoms with Crippen LogP contribution in [0, 0.1) is 0 Å². The number of carbonyl (C=O) groups excluding carboxylic acids is 2. The normalized spacial score (nSPS) is 30.2. The molecule has 0 aromatic rings. The van der Waals surface area contributed by atoms with E-state index in [1.54, 1.807) is 4.90 Å². The van der Waals surface area contributed by atoms with Crippen LogP contribution in [0.1, 0.15) is 12.8 Å². The summed E-state index contributed by atoms with van der Waals surface area (Å²) in [5.41, 5.74) is 0. The summed E-state index contributed by atoms with van der Waals surface area (Å²) in [6.07, 6.45) is 1.24. The summed E-state index contributed by atoms with van der Waals surface area (Å²) in [5, 5.41) is 2.74. The van der Waals surface area contributed by atoms with Crippen molar-refractivity contribution >= 4 is 11.8 Å². The molecule has 60 valence electrons. The van der Waals surface area contributed by atoms with Crippen molar-refractivity contribution in [1.29, 1.82) is 0 Å². The third-order valence-corrected chi connectivity index (χ3v) is 2.28. The Kier molecular flexibility index (Phi) is 1.34. The molecule has 0 aromatic carbocycles. The minimum atomic E-state index is -0.156. The highest BCUT2D eigenvalue weighted by molar-refractivity contribution is 5.91. The molecule has 2 fully saturated rings. The van der Waals surface area contributed by atoms with Gasteiger partial charge in [-0.1, -0.05) is 0 Å². The fourth-order valence-electron chi connectivity index (χ4n) is 1.70. The lowest BCUT2D eigenvalue weighted by Gasteiger charge is -2.28. The molecule has 1 atom stereocenters. The van der Waals surface area contributed by atoms with Gasteiger partial charge in [0.25, 0.3) is 0 Å². The number of hydrogen-bond donors (Lipinski definition) is 1. The van der Waals surface area contributed by atoms with Crippen LogP contribution in [0.5, 0.6) is 0 Å². The Morgan fingerprint density at radius 3 is 3.00 bits per heavy atom. The number of carbonyl (C=O) groups is 2. The van der Waals surface area contributed by atoms with Gasteiger partial charge in [-0.05, 0) is 6.42 Å². The molecule has 11 heavy (non-hydrogen) atoms. The van der Waals surface area contributed by atoms with E-state index in [0.717, 1.165) is 0 Å². The van der Waals surface area contributed by atoms with Crippen LogP contribution in [0.3, 0.4) is 0 Å². The van der Waals surface area contributed by atoms with Crippen LogP contribution in [0.4, 0.5) is 0 Å². The van der Waals surface area contributed by atoms with Gasteiger partial charge in [-0.25, -0.2) is 0 Å². The Hall–Kier alpha value is -1.06. The molecule has 2 aliphatic heterocycles. The van der Waals surface area contributed by atoms with Crippen molar-refractivity contribution in [3.8, 4) is 0 Å². The van der Waals surface area contributed by atoms with Crippen LogP contribution < -0.4 is 5.32 Å². The first-order valence-corrected chi connectivity index (χ1v) is 3.86. The molecule has 0 aliphatic carbocycles. The number of piperazine rings is 1. The first kappa shape index (κ1) is 6.64. The molecule has 2 heterocycles. The van der Waals surface area contributed by atoms with Gasteiger partial charge in [0, 0.05) is 19.5 Å². The summed E-state index contributed by atoms with van der Waals surface area (Å²) in [4.78, 5) is 23.9. The smallest absolute Gasteiger partial charge is 0.242 e. The van der Waals surface area contributed by atoms with Gasteiger partial charge in [0.2, 0.25) is 11.8 Å². The third kappa shape index (κ3) is 0.895. The zero-order chi connectivity index (χ0) is 7.84. The minimum Gasteiger partial charge on any atom is -0.353 e. The first-order valence-electron chi connectivity index (χ1n) is 3.86. The molecule has 4 nitrogen and oxygen atoms in total. The topological polar surface area (TPSA) is 49.4 Å². The van der Waals surface area contributed by atoms with Gasteiger partial charge in [0.15, 0.2) is 0 Å². The van der Waals surface area contributed by atoms with E-state index in [4.69, 9.17) is 0 Å². The lowest BCUT2D eigenvalue weighted by molar-refractivity contribution is -0.137. The number of rotatable bonds is 0. The largest absolute Gasteiger partial charge is 0.353 e. The highest BCUT2D eigenvalue weighted by Crippen LogP contribution is 2.19. The zero-order valence-corrected chi connectivity index (χ0v) is 6.17. The van der Waals surface area contributed by atoms with Crippen molar-refractivity contribution in [2.75, 3.05) is 13.1 Å². The maximum Gasteiger partial charge on any atom is 0.242 e. The number of hydrogen-bond acceptors (Lipinski definition) is 2. The molecule has 0 aromatic heterocycles. The average molecular weight is 154 g/mol. The van der Waals surface area contributed by atoms with Crippen molar-refractivity contribution in [1.82, 2.24) is 10.2 Å². The van der Waals surface area contributed by atoms with E-state index in [2.05, 4.69) is 5.32 Å². The van der Waals surface area contributed by atoms with E-state index in [9.17, 15) is 9.59 Å². The molecule has 1 unspecified atom stereocenters. The second-order valence-corrected chi connectivity index (χ2v) is 2.93. The van der Waals surface area contributed by atoms with Crippen LogP contribution in [-0.2, 0) is 9.59 Å². The molecular weight excluding hydrogens is 144 g/mol. The van der Waals surface area contributed by atoms with Gasteiger partial charge < -0.3 is 10.2 Å². The third-order valence-electron chi connectivity index (χ3n) is 2.28. The summed E-state index contributed by atoms with van der Waals surface area (Å²) in [6.45, 7) is 1.30. The van der Waals surface area contributed by atoms with E-state index in [-0.39, 0.29) is 17.9 Å². The van der Waals surface area contributed by atoms with Crippen molar-refractivity contribution in [2.24, 2.45) is 0 Å². The Balaban J connectivity index is 2.19. The zero-order valence-electron chi connectivity index (χ0n) is 6.17. The number of amides is 2. The summed E-state index contributed by atoms with van der Waals surface area (Å²) < 4.78 is 0. The van der Waals surface area contributed by atoms with Crippen molar-refractivity contribution in [3.63, 3.8) is 0 Å². The van der Waals surface area contributed by atoms with Crippen LogP contribution in [0.25, 0.3) is 0 Å². The summed E-state index contributed by atoms with van der Waals surface area (Å²) in [7, 11) is 0. The van der Waals surface area contributed by atoms with Crippen molar-refractivity contribution in [3.05, 3.63) is 0 Å². The lowest BCUT2D eigenvalue weighted by atomic mass is 10.2. The number of nitrogens with zero attached hydrogens (tertiary/aromatic N) is 1. The fraction of sp³-hybridized carbons (Fsp3) is 0.714. The van der Waals surface area contributed by atoms with E-state index < -0.39 is 0 Å². The van der Waals surface area contributed by atoms with E-state index >= 15 is 0 Å². The van der Waals surface area contributed by atoms with E-state index in [1.165, 1.54) is 0 Å². The summed E-state index contributed by atoms with van der Waals surface area (Å²) >= 11 is 0. The second kappa shape index (κ2) is 2.22. The minimum absolute atomic E-state index is 0.0158. The summed E-state index contributed by atoms with van der Waals surface area (Å²) in [6, 6.07) is -0.156. The molecule has 0 bridgehead atoms. The fourth-order valence-corrected chi connectivity index (χ4v) is 1.70. The second-order valence-electron chi connectivity index (χ2n) is 2.93. The van der Waals surface area contributed by atoms with Crippen LogP contribution in [0.2, 0.25) is 0 Å². The molecule has 2 aliphatic rings. The van der Waals surface area contributed by atoms with E-state index in [0.29, 0.717) is 25.9 Å². The SMILES string of the molecule is O=C1NCCN2C(=O)CCC12. The highest BCUT2D eigenvalue weighted by Gasteiger charge is 2.37. The Morgan fingerprint density at radius 1 is 1.45 bits per heavy atom. The number of fused-ring (bicyclic) bond motifs is 1. The predicted molar refractivity (Wildman–Crippen MR) is 37.7 cm³/mol. The van der Waals surface area contributed by atoms with Gasteiger partial charge in [-0.2, -0.15) is 0 Å². The molecule has 2 saturated heterocycles. The molecule has 1 N–H and O–H groups in total. The van der Waals surface area contributed by atoms with Gasteiger partial charge >= 0.3 is 0 Å². The van der Waals surface area contributed by atoms with Crippen LogP contribution >= 0.6 is 0 Å². The Bertz CT molecular complexity index is 214. The van der Waals surface area contributed by atoms with Gasteiger partial charge in [-0.15, -0.1) is 0 Å². The van der Waals surface area contributed by atoms with Crippen LogP contribution in [-0.4, -0.2) is 35.8 Å². The molecule has 0 radical (unpaired) electrons. The standard InChI is InChI=1S/C7H10N2O2/c10-6-2-1-5-7(11)8-3-4-9(5)6/h5H,1-4H2,(H,8,11). The quantitative estimate of drug-likeness (QED) is 0.492. The molecule has 4 heteroatoms. The monoisotopic (exact) mass is 154 g/mol. The molecular formula is C7H10N2O2. The van der Waals surface area contributed by atoms with Crippen LogP contribution in [0.15, 0.2) is 0 Å². The number of nitrogens with one attached hydrogen (secondary N) is 1. The van der Waals surface area contributed by atoms with Crippen molar-refractivity contribution < 1.29 is 9.59 Å². The average Bonchev–Trinajstić information content (AvgIpc) is 2.35. The Labute approximate surface area is 64.5 Å². The van der Waals surface area contributed by atoms with Gasteiger partial charge in [-0.3, -0.25) is 9.59 Å². The molecule has 2 rings (SSSR count). The first-order chi connectivity index (χ1) is 5.29.